The number of anilines is 3. The number of carbonyl (C=O) groups is 1. The van der Waals surface area contributed by atoms with Gasteiger partial charge in [-0.25, -0.2) is 9.55 Å². The molecule has 39 heavy (non-hydrogen) atoms. The number of hydrogen-bond acceptors (Lipinski definition) is 9. The molecular formula is C25H19F3N10O. The molecule has 3 aromatic heterocycles. The lowest BCUT2D eigenvalue weighted by Crippen LogP contribution is -2.32. The van der Waals surface area contributed by atoms with E-state index in [1.807, 2.05) is 24.0 Å². The van der Waals surface area contributed by atoms with Gasteiger partial charge >= 0.3 is 6.18 Å². The molecular weight excluding hydrogens is 513 g/mol. The lowest BCUT2D eigenvalue weighted by atomic mass is 9.94. The minimum Gasteiger partial charge on any atom is -0.368 e. The fourth-order valence-corrected chi connectivity index (χ4v) is 4.42. The second-order valence-corrected chi connectivity index (χ2v) is 8.83. The largest absolute Gasteiger partial charge is 0.416 e. The normalized spacial score (nSPS) is 14.4. The number of pyridine rings is 1. The Hall–Kier alpha value is -5.14. The summed E-state index contributed by atoms with van der Waals surface area (Å²) in [4.78, 5) is 32.3. The molecule has 2 aliphatic heterocycles. The van der Waals surface area contributed by atoms with Crippen LogP contribution in [0.25, 0.3) is 17.6 Å². The number of amidine groups is 1. The van der Waals surface area contributed by atoms with Gasteiger partial charge in [-0.05, 0) is 48.4 Å². The number of aromatic nitrogens is 6. The first-order valence-corrected chi connectivity index (χ1v) is 11.7. The van der Waals surface area contributed by atoms with Gasteiger partial charge in [0.2, 0.25) is 11.9 Å². The van der Waals surface area contributed by atoms with Gasteiger partial charge in [0.15, 0.2) is 0 Å². The van der Waals surface area contributed by atoms with Crippen molar-refractivity contribution in [3.63, 3.8) is 0 Å². The highest BCUT2D eigenvalue weighted by atomic mass is 19.4. The Kier molecular flexibility index (Phi) is 5.59. The highest BCUT2D eigenvalue weighted by molar-refractivity contribution is 6.36. The fraction of sp³-hybridized carbons (Fsp3) is 0.160. The van der Waals surface area contributed by atoms with Gasteiger partial charge in [0.25, 0.3) is 5.91 Å². The third-order valence-electron chi connectivity index (χ3n) is 6.32. The molecule has 3 N–H and O–H groups in total. The van der Waals surface area contributed by atoms with Crippen molar-refractivity contribution in [2.24, 2.45) is 4.99 Å². The number of nitrogens with zero attached hydrogens (tertiary/aromatic N) is 8. The molecule has 0 unspecified atom stereocenters. The van der Waals surface area contributed by atoms with Crippen LogP contribution in [0.3, 0.4) is 0 Å². The molecule has 11 nitrogen and oxygen atoms in total. The van der Waals surface area contributed by atoms with Gasteiger partial charge < -0.3 is 16.0 Å². The lowest BCUT2D eigenvalue weighted by Gasteiger charge is -2.28. The zero-order chi connectivity index (χ0) is 27.3. The monoisotopic (exact) mass is 532 g/mol. The highest BCUT2D eigenvalue weighted by Crippen LogP contribution is 2.37. The molecule has 0 atom stereocenters. The quantitative estimate of drug-likeness (QED) is 0.408. The van der Waals surface area contributed by atoms with Crippen molar-refractivity contribution in [2.75, 3.05) is 29.0 Å². The van der Waals surface area contributed by atoms with Gasteiger partial charge in [0.1, 0.15) is 23.7 Å². The third kappa shape index (κ3) is 4.35. The van der Waals surface area contributed by atoms with E-state index in [-0.39, 0.29) is 11.6 Å². The van der Waals surface area contributed by atoms with Crippen LogP contribution < -0.4 is 16.0 Å². The van der Waals surface area contributed by atoms with Gasteiger partial charge in [-0.3, -0.25) is 14.8 Å². The Labute approximate surface area is 219 Å². The van der Waals surface area contributed by atoms with Gasteiger partial charge in [-0.15, -0.1) is 10.2 Å². The SMILES string of the molecule is Cc1ccc(NC(=O)c2cc(C(F)(F)F)ccn2)cc1C1=Cc2cnc(-n3cnnc3N)nc2N2CCN=C12. The van der Waals surface area contributed by atoms with E-state index in [1.165, 1.54) is 10.9 Å². The topological polar surface area (TPSA) is 140 Å². The number of benzene rings is 1. The Morgan fingerprint density at radius 3 is 2.77 bits per heavy atom. The smallest absolute Gasteiger partial charge is 0.368 e. The van der Waals surface area contributed by atoms with Crippen LogP contribution in [0.4, 0.5) is 30.6 Å². The van der Waals surface area contributed by atoms with Crippen LogP contribution in [0.5, 0.6) is 0 Å². The number of rotatable bonds is 4. The highest BCUT2D eigenvalue weighted by Gasteiger charge is 2.32. The van der Waals surface area contributed by atoms with Crippen LogP contribution in [0.1, 0.15) is 32.7 Å². The van der Waals surface area contributed by atoms with Crippen molar-refractivity contribution >= 4 is 40.8 Å². The fourth-order valence-electron chi connectivity index (χ4n) is 4.42. The summed E-state index contributed by atoms with van der Waals surface area (Å²) in [6.45, 7) is 3.07. The Morgan fingerprint density at radius 2 is 2.00 bits per heavy atom. The van der Waals surface area contributed by atoms with Crippen LogP contribution >= 0.6 is 0 Å². The first-order valence-electron chi connectivity index (χ1n) is 11.7. The molecule has 196 valence electrons. The second kappa shape index (κ2) is 9.01. The van der Waals surface area contributed by atoms with Crippen molar-refractivity contribution in [3.8, 4) is 5.95 Å². The summed E-state index contributed by atoms with van der Waals surface area (Å²) in [5, 5.41) is 10.2. The van der Waals surface area contributed by atoms with Crippen molar-refractivity contribution in [1.29, 1.82) is 0 Å². The number of nitrogens with one attached hydrogen (secondary N) is 1. The van der Waals surface area contributed by atoms with E-state index in [0.29, 0.717) is 36.4 Å². The molecule has 0 saturated heterocycles. The molecule has 2 aliphatic rings. The molecule has 1 amide bonds. The summed E-state index contributed by atoms with van der Waals surface area (Å²) in [6, 6.07) is 6.78. The number of fused-ring (bicyclic) bond motifs is 3. The number of nitrogen functional groups attached to an aromatic ring is 1. The number of halogens is 3. The molecule has 0 spiro atoms. The van der Waals surface area contributed by atoms with Crippen molar-refractivity contribution in [3.05, 3.63) is 77.0 Å². The van der Waals surface area contributed by atoms with E-state index in [0.717, 1.165) is 40.6 Å². The molecule has 0 saturated carbocycles. The average molecular weight is 532 g/mol. The van der Waals surface area contributed by atoms with Crippen LogP contribution in [0.15, 0.2) is 54.0 Å². The lowest BCUT2D eigenvalue weighted by molar-refractivity contribution is -0.137. The first-order chi connectivity index (χ1) is 18.7. The van der Waals surface area contributed by atoms with Gasteiger partial charge in [-0.1, -0.05) is 6.07 Å². The summed E-state index contributed by atoms with van der Waals surface area (Å²) >= 11 is 0. The molecule has 0 bridgehead atoms. The molecule has 0 aliphatic carbocycles. The van der Waals surface area contributed by atoms with Crippen molar-refractivity contribution < 1.29 is 18.0 Å². The number of alkyl halides is 3. The average Bonchev–Trinajstić information content (AvgIpc) is 3.58. The summed E-state index contributed by atoms with van der Waals surface area (Å²) < 4.78 is 40.7. The zero-order valence-corrected chi connectivity index (χ0v) is 20.3. The van der Waals surface area contributed by atoms with Crippen molar-refractivity contribution in [2.45, 2.75) is 13.1 Å². The van der Waals surface area contributed by atoms with Crippen LogP contribution in [0, 0.1) is 6.92 Å². The molecule has 4 aromatic rings. The number of hydrogen-bond donors (Lipinski definition) is 2. The summed E-state index contributed by atoms with van der Waals surface area (Å²) in [7, 11) is 0. The Morgan fingerprint density at radius 1 is 1.15 bits per heavy atom. The van der Waals surface area contributed by atoms with E-state index < -0.39 is 17.6 Å². The standard InChI is InChI=1S/C25H19F3N10O/c1-13-2-3-16(34-22(39)19-9-15(4-5-30-19)25(26,27)28)10-17(13)18-8-14-11-32-24(38-12-33-36-23(38)29)35-20(14)37-7-6-31-21(18)37/h2-5,8-12H,6-7H2,1H3,(H2,29,36)(H,34,39). The molecule has 14 heteroatoms. The zero-order valence-electron chi connectivity index (χ0n) is 20.3. The van der Waals surface area contributed by atoms with E-state index in [1.54, 1.807) is 18.3 Å². The van der Waals surface area contributed by atoms with Gasteiger partial charge in [0, 0.05) is 35.8 Å². The van der Waals surface area contributed by atoms with Crippen LogP contribution in [-0.2, 0) is 6.18 Å². The minimum atomic E-state index is -4.58. The Bertz CT molecular complexity index is 1690. The van der Waals surface area contributed by atoms with E-state index in [4.69, 9.17) is 10.7 Å². The predicted octanol–water partition coefficient (Wildman–Crippen LogP) is 3.39. The van der Waals surface area contributed by atoms with E-state index in [2.05, 4.69) is 30.5 Å². The summed E-state index contributed by atoms with van der Waals surface area (Å²) in [5.74, 6) is 1.09. The number of amides is 1. The van der Waals surface area contributed by atoms with Crippen LogP contribution in [0.2, 0.25) is 0 Å². The van der Waals surface area contributed by atoms with Gasteiger partial charge in [-0.2, -0.15) is 18.2 Å². The molecule has 0 radical (unpaired) electrons. The summed E-state index contributed by atoms with van der Waals surface area (Å²) in [5.41, 5.74) is 8.20. The second-order valence-electron chi connectivity index (χ2n) is 8.83. The number of aryl methyl sites for hydroxylation is 1. The number of aliphatic imine (C=N–C) groups is 1. The maximum atomic E-state index is 13.1. The van der Waals surface area contributed by atoms with E-state index >= 15 is 0 Å². The predicted molar refractivity (Wildman–Crippen MR) is 137 cm³/mol. The van der Waals surface area contributed by atoms with Crippen molar-refractivity contribution in [1.82, 2.24) is 29.7 Å². The minimum absolute atomic E-state index is 0.159. The molecule has 1 aromatic carbocycles. The summed E-state index contributed by atoms with van der Waals surface area (Å²) in [6.07, 6.45) is 1.39. The van der Waals surface area contributed by atoms with Gasteiger partial charge in [0.05, 0.1) is 12.1 Å². The molecule has 6 rings (SSSR count). The number of carbonyl (C=O) groups excluding carboxylic acids is 1. The van der Waals surface area contributed by atoms with Crippen LogP contribution in [-0.4, -0.2) is 54.5 Å². The number of nitrogens with two attached hydrogens (primary N) is 1. The Balaban J connectivity index is 1.35. The third-order valence-corrected chi connectivity index (χ3v) is 6.32. The van der Waals surface area contributed by atoms with E-state index in [9.17, 15) is 18.0 Å². The first kappa shape index (κ1) is 24.2. The maximum absolute atomic E-state index is 13.1. The maximum Gasteiger partial charge on any atom is 0.416 e. The molecule has 5 heterocycles. The molecule has 0 fully saturated rings.